The van der Waals surface area contributed by atoms with E-state index >= 15 is 0 Å². The molecule has 0 aromatic carbocycles. The average molecular weight is 184 g/mol. The summed E-state index contributed by atoms with van der Waals surface area (Å²) in [6.07, 6.45) is 3.21. The van der Waals surface area contributed by atoms with Gasteiger partial charge >= 0.3 is 0 Å². The smallest absolute Gasteiger partial charge is 0.225 e. The number of hydrogen-bond donors (Lipinski definition) is 3. The minimum absolute atomic E-state index is 0.0292. The molecule has 1 saturated heterocycles. The summed E-state index contributed by atoms with van der Waals surface area (Å²) in [5.74, 6) is 0.132. The number of carbonyl (C=O) groups is 1. The molecule has 4 nitrogen and oxygen atoms in total. The molecule has 0 atom stereocenters. The van der Waals surface area contributed by atoms with E-state index in [0.717, 1.165) is 25.9 Å². The van der Waals surface area contributed by atoms with Crippen molar-refractivity contribution in [2.45, 2.75) is 31.4 Å². The number of hydrogen-bond acceptors (Lipinski definition) is 3. The van der Waals surface area contributed by atoms with Gasteiger partial charge in [0.05, 0.1) is 0 Å². The second-order valence-electron chi connectivity index (χ2n) is 4.05. The fourth-order valence-electron chi connectivity index (χ4n) is 1.66. The van der Waals surface area contributed by atoms with Gasteiger partial charge in [-0.2, -0.15) is 0 Å². The highest BCUT2D eigenvalue weighted by atomic mass is 16.3. The maximum absolute atomic E-state index is 11.6. The topological polar surface area (TPSA) is 61.4 Å². The normalized spacial score (nSPS) is 26.8. The first-order valence-corrected chi connectivity index (χ1v) is 4.95. The Hall–Kier alpha value is -0.610. The van der Waals surface area contributed by atoms with Crippen molar-refractivity contribution in [2.24, 2.45) is 5.92 Å². The van der Waals surface area contributed by atoms with Crippen molar-refractivity contribution in [1.29, 1.82) is 0 Å². The van der Waals surface area contributed by atoms with Crippen LogP contribution in [-0.4, -0.2) is 29.8 Å². The molecule has 1 heterocycles. The molecule has 4 heteroatoms. The van der Waals surface area contributed by atoms with Crippen LogP contribution >= 0.6 is 0 Å². The van der Waals surface area contributed by atoms with Crippen LogP contribution in [0, 0.1) is 5.92 Å². The molecule has 0 aromatic heterocycles. The van der Waals surface area contributed by atoms with Crippen LogP contribution in [0.25, 0.3) is 0 Å². The molecule has 0 unspecified atom stereocenters. The SMILES string of the molecule is O=C(NC1(O)CC1)C1CCNCC1. The highest BCUT2D eigenvalue weighted by molar-refractivity contribution is 5.79. The molecule has 2 rings (SSSR count). The Balaban J connectivity index is 1.81. The first-order valence-electron chi connectivity index (χ1n) is 4.95. The fraction of sp³-hybridized carbons (Fsp3) is 0.889. The van der Waals surface area contributed by atoms with Gasteiger partial charge in [0.2, 0.25) is 5.91 Å². The van der Waals surface area contributed by atoms with Crippen LogP contribution in [0.15, 0.2) is 0 Å². The first kappa shape index (κ1) is 8.97. The van der Waals surface area contributed by atoms with Gasteiger partial charge in [-0.25, -0.2) is 0 Å². The molecule has 3 N–H and O–H groups in total. The molecule has 1 saturated carbocycles. The van der Waals surface area contributed by atoms with Gasteiger partial charge in [0.25, 0.3) is 0 Å². The molecule has 1 aliphatic carbocycles. The quantitative estimate of drug-likeness (QED) is 0.511. The average Bonchev–Trinajstić information content (AvgIpc) is 2.85. The lowest BCUT2D eigenvalue weighted by molar-refractivity contribution is -0.129. The van der Waals surface area contributed by atoms with Gasteiger partial charge in [-0.3, -0.25) is 4.79 Å². The first-order chi connectivity index (χ1) is 6.20. The maximum Gasteiger partial charge on any atom is 0.225 e. The van der Waals surface area contributed by atoms with Crippen molar-refractivity contribution in [2.75, 3.05) is 13.1 Å². The van der Waals surface area contributed by atoms with Crippen LogP contribution in [0.2, 0.25) is 0 Å². The lowest BCUT2D eigenvalue weighted by Gasteiger charge is -2.23. The summed E-state index contributed by atoms with van der Waals surface area (Å²) in [6.45, 7) is 1.83. The second-order valence-corrected chi connectivity index (χ2v) is 4.05. The monoisotopic (exact) mass is 184 g/mol. The zero-order chi connectivity index (χ0) is 9.31. The van der Waals surface area contributed by atoms with Gasteiger partial charge in [-0.1, -0.05) is 0 Å². The zero-order valence-corrected chi connectivity index (χ0v) is 7.68. The third-order valence-corrected chi connectivity index (χ3v) is 2.79. The van der Waals surface area contributed by atoms with Gasteiger partial charge < -0.3 is 15.7 Å². The van der Waals surface area contributed by atoms with Crippen LogP contribution in [0.4, 0.5) is 0 Å². The second kappa shape index (κ2) is 3.27. The van der Waals surface area contributed by atoms with E-state index in [0.29, 0.717) is 12.8 Å². The van der Waals surface area contributed by atoms with Crippen LogP contribution in [0.3, 0.4) is 0 Å². The molecular formula is C9H16N2O2. The lowest BCUT2D eigenvalue weighted by atomic mass is 9.97. The van der Waals surface area contributed by atoms with Gasteiger partial charge in [-0.05, 0) is 38.8 Å². The van der Waals surface area contributed by atoms with E-state index in [-0.39, 0.29) is 11.8 Å². The van der Waals surface area contributed by atoms with Crippen LogP contribution in [-0.2, 0) is 4.79 Å². The van der Waals surface area contributed by atoms with Crippen LogP contribution < -0.4 is 10.6 Å². The van der Waals surface area contributed by atoms with Crippen LogP contribution in [0.5, 0.6) is 0 Å². The van der Waals surface area contributed by atoms with Crippen molar-refractivity contribution >= 4 is 5.91 Å². The zero-order valence-electron chi connectivity index (χ0n) is 7.68. The molecular weight excluding hydrogens is 168 g/mol. The van der Waals surface area contributed by atoms with Crippen molar-refractivity contribution in [3.05, 3.63) is 0 Å². The van der Waals surface area contributed by atoms with E-state index in [1.165, 1.54) is 0 Å². The molecule has 74 valence electrons. The number of rotatable bonds is 2. The number of carbonyl (C=O) groups excluding carboxylic acids is 1. The summed E-state index contributed by atoms with van der Waals surface area (Å²) in [5.41, 5.74) is -0.845. The number of aliphatic hydroxyl groups is 1. The third-order valence-electron chi connectivity index (χ3n) is 2.79. The van der Waals surface area contributed by atoms with E-state index in [4.69, 9.17) is 0 Å². The number of nitrogens with one attached hydrogen (secondary N) is 2. The van der Waals surface area contributed by atoms with Gasteiger partial charge in [0, 0.05) is 5.92 Å². The van der Waals surface area contributed by atoms with Crippen LogP contribution in [0.1, 0.15) is 25.7 Å². The van der Waals surface area contributed by atoms with Crippen molar-refractivity contribution < 1.29 is 9.90 Å². The lowest BCUT2D eigenvalue weighted by Crippen LogP contribution is -2.43. The molecule has 0 radical (unpaired) electrons. The number of piperidine rings is 1. The Morgan fingerprint density at radius 1 is 1.38 bits per heavy atom. The highest BCUT2D eigenvalue weighted by Crippen LogP contribution is 2.32. The van der Waals surface area contributed by atoms with Crippen molar-refractivity contribution in [3.8, 4) is 0 Å². The minimum atomic E-state index is -0.845. The Kier molecular flexibility index (Phi) is 2.26. The molecule has 0 spiro atoms. The molecule has 13 heavy (non-hydrogen) atoms. The molecule has 1 aliphatic heterocycles. The minimum Gasteiger partial charge on any atom is -0.371 e. The third kappa shape index (κ3) is 2.19. The Morgan fingerprint density at radius 2 is 2.00 bits per heavy atom. The summed E-state index contributed by atoms with van der Waals surface area (Å²) in [5, 5.41) is 15.4. The molecule has 2 fully saturated rings. The molecule has 0 aromatic rings. The molecule has 2 aliphatic rings. The van der Waals surface area contributed by atoms with E-state index in [9.17, 15) is 9.90 Å². The van der Waals surface area contributed by atoms with E-state index in [2.05, 4.69) is 10.6 Å². The summed E-state index contributed by atoms with van der Waals surface area (Å²) >= 11 is 0. The number of amides is 1. The predicted molar refractivity (Wildman–Crippen MR) is 47.9 cm³/mol. The van der Waals surface area contributed by atoms with Gasteiger partial charge in [-0.15, -0.1) is 0 Å². The summed E-state index contributed by atoms with van der Waals surface area (Å²) < 4.78 is 0. The largest absolute Gasteiger partial charge is 0.371 e. The van der Waals surface area contributed by atoms with E-state index in [1.54, 1.807) is 0 Å². The highest BCUT2D eigenvalue weighted by Gasteiger charge is 2.42. The Bertz CT molecular complexity index is 208. The standard InChI is InChI=1S/C9H16N2O2/c12-8(11-9(13)3-4-9)7-1-5-10-6-2-7/h7,10,13H,1-6H2,(H,11,12). The predicted octanol–water partition coefficient (Wildman–Crippen LogP) is -0.415. The van der Waals surface area contributed by atoms with Gasteiger partial charge in [0.15, 0.2) is 0 Å². The van der Waals surface area contributed by atoms with Gasteiger partial charge in [0.1, 0.15) is 5.72 Å². The summed E-state index contributed by atoms with van der Waals surface area (Å²) in [6, 6.07) is 0. The fourth-order valence-corrected chi connectivity index (χ4v) is 1.66. The Labute approximate surface area is 77.7 Å². The van der Waals surface area contributed by atoms with E-state index < -0.39 is 5.72 Å². The Morgan fingerprint density at radius 3 is 2.54 bits per heavy atom. The van der Waals surface area contributed by atoms with Crippen molar-refractivity contribution in [3.63, 3.8) is 0 Å². The molecule has 1 amide bonds. The van der Waals surface area contributed by atoms with E-state index in [1.807, 2.05) is 0 Å². The van der Waals surface area contributed by atoms with Crippen molar-refractivity contribution in [1.82, 2.24) is 10.6 Å². The molecule has 0 bridgehead atoms. The maximum atomic E-state index is 11.6. The summed E-state index contributed by atoms with van der Waals surface area (Å²) in [7, 11) is 0. The summed E-state index contributed by atoms with van der Waals surface area (Å²) in [4.78, 5) is 11.6.